The van der Waals surface area contributed by atoms with Crippen LogP contribution in [0.1, 0.15) is 42.4 Å². The first-order valence-electron chi connectivity index (χ1n) is 13.2. The molecule has 0 amide bonds. The number of thiazole rings is 1. The Labute approximate surface area is 240 Å². The van der Waals surface area contributed by atoms with Crippen LogP contribution in [0.25, 0.3) is 11.8 Å². The number of carbonyl (C=O) groups excluding carboxylic acids is 1. The van der Waals surface area contributed by atoms with Crippen molar-refractivity contribution in [2.24, 2.45) is 4.99 Å². The van der Waals surface area contributed by atoms with Gasteiger partial charge in [-0.2, -0.15) is 0 Å². The van der Waals surface area contributed by atoms with Crippen LogP contribution in [-0.4, -0.2) is 35.4 Å². The van der Waals surface area contributed by atoms with Gasteiger partial charge in [0.05, 0.1) is 36.5 Å². The van der Waals surface area contributed by atoms with Crippen molar-refractivity contribution in [2.45, 2.75) is 33.7 Å². The second-order valence-corrected chi connectivity index (χ2v) is 10.4. The highest BCUT2D eigenvalue weighted by Gasteiger charge is 2.31. The van der Waals surface area contributed by atoms with Crippen molar-refractivity contribution in [3.8, 4) is 17.2 Å². The van der Waals surface area contributed by atoms with Crippen molar-refractivity contribution in [2.75, 3.05) is 20.3 Å². The second-order valence-electron chi connectivity index (χ2n) is 9.39. The predicted molar refractivity (Wildman–Crippen MR) is 155 cm³/mol. The van der Waals surface area contributed by atoms with Gasteiger partial charge in [0, 0.05) is 23.3 Å². The summed E-state index contributed by atoms with van der Waals surface area (Å²) in [7, 11) is 1.30. The maximum absolute atomic E-state index is 13.9. The van der Waals surface area contributed by atoms with Crippen molar-refractivity contribution in [3.05, 3.63) is 108 Å². The van der Waals surface area contributed by atoms with Gasteiger partial charge in [-0.25, -0.2) is 14.2 Å². The average Bonchev–Trinajstić information content (AvgIpc) is 3.43. The summed E-state index contributed by atoms with van der Waals surface area (Å²) in [6.07, 6.45) is 3.29. The Balaban J connectivity index is 1.66. The lowest BCUT2D eigenvalue weighted by Crippen LogP contribution is -2.39. The van der Waals surface area contributed by atoms with Crippen molar-refractivity contribution >= 4 is 23.4 Å². The van der Waals surface area contributed by atoms with Gasteiger partial charge in [0.25, 0.3) is 5.56 Å². The lowest BCUT2D eigenvalue weighted by molar-refractivity contribution is -0.136. The highest BCUT2D eigenvalue weighted by molar-refractivity contribution is 7.07. The number of aryl methyl sites for hydroxylation is 1. The largest absolute Gasteiger partial charge is 0.490 e. The summed E-state index contributed by atoms with van der Waals surface area (Å²) in [5.74, 6) is 0.205. The van der Waals surface area contributed by atoms with Gasteiger partial charge in [-0.05, 0) is 87.4 Å². The molecule has 1 atom stereocenters. The Hall–Kier alpha value is -4.44. The van der Waals surface area contributed by atoms with E-state index in [1.54, 1.807) is 24.3 Å². The zero-order chi connectivity index (χ0) is 29.3. The van der Waals surface area contributed by atoms with Crippen LogP contribution in [0.5, 0.6) is 11.5 Å². The van der Waals surface area contributed by atoms with Crippen molar-refractivity contribution in [1.29, 1.82) is 0 Å². The zero-order valence-electron chi connectivity index (χ0n) is 23.4. The minimum atomic E-state index is -0.776. The molecule has 1 aliphatic rings. The van der Waals surface area contributed by atoms with E-state index in [4.69, 9.17) is 14.2 Å². The van der Waals surface area contributed by atoms with Crippen LogP contribution in [0.3, 0.4) is 0 Å². The summed E-state index contributed by atoms with van der Waals surface area (Å²) >= 11 is 1.24. The van der Waals surface area contributed by atoms with E-state index >= 15 is 0 Å². The molecule has 212 valence electrons. The summed E-state index contributed by atoms with van der Waals surface area (Å²) in [6, 6.07) is 12.9. The number of fused-ring (bicyclic) bond motifs is 1. The third kappa shape index (κ3) is 5.22. The van der Waals surface area contributed by atoms with Gasteiger partial charge in [0.2, 0.25) is 0 Å². The maximum atomic E-state index is 13.9. The summed E-state index contributed by atoms with van der Waals surface area (Å²) < 4.78 is 34.1. The Morgan fingerprint density at radius 1 is 1.05 bits per heavy atom. The molecule has 8 nitrogen and oxygen atoms in total. The molecule has 10 heteroatoms. The first-order valence-corrected chi connectivity index (χ1v) is 14.0. The lowest BCUT2D eigenvalue weighted by atomic mass is 9.97. The van der Waals surface area contributed by atoms with E-state index in [-0.39, 0.29) is 16.9 Å². The number of esters is 1. The number of halogens is 1. The predicted octanol–water partition coefficient (Wildman–Crippen LogP) is 4.36. The minimum absolute atomic E-state index is 0.229. The van der Waals surface area contributed by atoms with Crippen LogP contribution in [-0.2, 0) is 9.53 Å². The Kier molecular flexibility index (Phi) is 7.94. The lowest BCUT2D eigenvalue weighted by Gasteiger charge is -2.23. The molecule has 2 aromatic carbocycles. The first-order chi connectivity index (χ1) is 19.8. The monoisotopic (exact) mass is 575 g/mol. The number of ether oxygens (including phenoxy) is 3. The summed E-state index contributed by atoms with van der Waals surface area (Å²) in [5, 5.41) is 0. The number of rotatable bonds is 8. The van der Waals surface area contributed by atoms with Crippen molar-refractivity contribution in [3.63, 3.8) is 0 Å². The molecule has 2 aromatic heterocycles. The van der Waals surface area contributed by atoms with Crippen molar-refractivity contribution in [1.82, 2.24) is 9.13 Å². The van der Waals surface area contributed by atoms with Crippen molar-refractivity contribution < 1.29 is 23.4 Å². The first kappa shape index (κ1) is 28.1. The topological polar surface area (TPSA) is 84.0 Å². The molecule has 0 radical (unpaired) electrons. The quantitative estimate of drug-likeness (QED) is 0.292. The third-order valence-electron chi connectivity index (χ3n) is 6.85. The number of hydrogen-bond acceptors (Lipinski definition) is 7. The molecular weight excluding hydrogens is 545 g/mol. The highest BCUT2D eigenvalue weighted by atomic mass is 32.1. The van der Waals surface area contributed by atoms with E-state index in [1.165, 1.54) is 41.3 Å². The Bertz CT molecular complexity index is 1830. The number of nitrogens with zero attached hydrogens (tertiary/aromatic N) is 3. The van der Waals surface area contributed by atoms with Gasteiger partial charge in [-0.3, -0.25) is 9.36 Å². The van der Waals surface area contributed by atoms with E-state index in [2.05, 4.69) is 4.99 Å². The molecule has 0 aliphatic carbocycles. The fourth-order valence-corrected chi connectivity index (χ4v) is 6.01. The molecule has 0 saturated carbocycles. The van der Waals surface area contributed by atoms with Crippen LogP contribution in [0.15, 0.2) is 70.1 Å². The molecule has 4 aromatic rings. The zero-order valence-corrected chi connectivity index (χ0v) is 24.3. The molecule has 0 fully saturated rings. The third-order valence-corrected chi connectivity index (χ3v) is 7.85. The number of aromatic nitrogens is 2. The molecule has 0 bridgehead atoms. The van der Waals surface area contributed by atoms with Crippen LogP contribution in [0.4, 0.5) is 4.39 Å². The second kappa shape index (κ2) is 11.6. The number of carbonyl (C=O) groups is 1. The van der Waals surface area contributed by atoms with E-state index in [0.717, 1.165) is 22.6 Å². The summed E-state index contributed by atoms with van der Waals surface area (Å²) in [6.45, 7) is 8.55. The molecule has 0 spiro atoms. The fraction of sp³-hybridized carbons (Fsp3) is 0.258. The van der Waals surface area contributed by atoms with Gasteiger partial charge >= 0.3 is 5.97 Å². The van der Waals surface area contributed by atoms with Crippen LogP contribution in [0, 0.1) is 19.7 Å². The molecule has 0 N–H and O–H groups in total. The molecule has 0 saturated heterocycles. The summed E-state index contributed by atoms with van der Waals surface area (Å²) in [4.78, 5) is 31.7. The van der Waals surface area contributed by atoms with Gasteiger partial charge in [-0.1, -0.05) is 17.4 Å². The summed E-state index contributed by atoms with van der Waals surface area (Å²) in [5.41, 5.74) is 4.12. The number of methoxy groups -OCH3 is 1. The van der Waals surface area contributed by atoms with Crippen LogP contribution < -0.4 is 24.4 Å². The van der Waals surface area contributed by atoms with E-state index in [1.807, 2.05) is 50.5 Å². The van der Waals surface area contributed by atoms with E-state index in [0.29, 0.717) is 39.6 Å². The molecule has 0 unspecified atom stereocenters. The fourth-order valence-electron chi connectivity index (χ4n) is 5.05. The van der Waals surface area contributed by atoms with Gasteiger partial charge in [-0.15, -0.1) is 0 Å². The van der Waals surface area contributed by atoms with E-state index < -0.39 is 12.0 Å². The molecule has 41 heavy (non-hydrogen) atoms. The molecule has 5 rings (SSSR count). The Morgan fingerprint density at radius 2 is 1.76 bits per heavy atom. The standard InChI is InChI=1S/C31H30FN3O5S/c1-6-39-25-13-8-20(15-26(25)40-7-2)28-24(30(37)38-5)17-33-31-35(28)29(36)27(41-31)16-21-14-18(3)34(19(21)4)23-11-9-22(32)10-12-23/h8-17,28H,6-7H2,1-5H3/b27-16+/t28-/m1/s1. The normalized spacial score (nSPS) is 14.7. The van der Waals surface area contributed by atoms with Gasteiger partial charge < -0.3 is 18.8 Å². The number of benzene rings is 2. The van der Waals surface area contributed by atoms with E-state index in [9.17, 15) is 14.0 Å². The highest BCUT2D eigenvalue weighted by Crippen LogP contribution is 2.35. The Morgan fingerprint density at radius 3 is 2.44 bits per heavy atom. The molecule has 1 aliphatic heterocycles. The van der Waals surface area contributed by atoms with Gasteiger partial charge in [0.15, 0.2) is 16.3 Å². The smallest absolute Gasteiger partial charge is 0.337 e. The van der Waals surface area contributed by atoms with Crippen LogP contribution in [0.2, 0.25) is 0 Å². The average molecular weight is 576 g/mol. The molecular formula is C31H30FN3O5S. The SMILES string of the molecule is CCOc1ccc([C@@H]2C(C(=O)OC)=CN=c3s/c(=C/c4cc(C)n(-c5ccc(F)cc5)c4C)c(=O)n32)cc1OCC. The minimum Gasteiger partial charge on any atom is -0.490 e. The van der Waals surface area contributed by atoms with Crippen LogP contribution >= 0.6 is 11.3 Å². The molecule has 3 heterocycles. The maximum Gasteiger partial charge on any atom is 0.337 e. The number of hydrogen-bond donors (Lipinski definition) is 0. The van der Waals surface area contributed by atoms with Gasteiger partial charge in [0.1, 0.15) is 5.82 Å².